The number of anilines is 1. The van der Waals surface area contributed by atoms with E-state index >= 15 is 0 Å². The van der Waals surface area contributed by atoms with E-state index in [0.29, 0.717) is 17.2 Å². The molecule has 0 atom stereocenters. The number of nitrogens with zero attached hydrogens (tertiary/aromatic N) is 3. The van der Waals surface area contributed by atoms with Crippen molar-refractivity contribution >= 4 is 22.7 Å². The predicted molar refractivity (Wildman–Crippen MR) is 120 cm³/mol. The number of benzene rings is 1. The number of rotatable bonds is 3. The predicted octanol–water partition coefficient (Wildman–Crippen LogP) is 4.73. The molecule has 1 aliphatic heterocycles. The molecule has 2 aromatic rings. The summed E-state index contributed by atoms with van der Waals surface area (Å²) in [5.41, 5.74) is 0.284. The fourth-order valence-corrected chi connectivity index (χ4v) is 3.96. The highest BCUT2D eigenvalue weighted by Gasteiger charge is 2.22. The first-order valence-corrected chi connectivity index (χ1v) is 11.5. The maximum absolute atomic E-state index is 13.3. The molecule has 1 amide bonds. The molecule has 0 spiro atoms. The van der Waals surface area contributed by atoms with E-state index in [-0.39, 0.29) is 11.5 Å². The van der Waals surface area contributed by atoms with Crippen LogP contribution in [0.15, 0.2) is 16.7 Å². The SMILES string of the molecule is CC.CC(=O)NC1CCCCC1.CCN1CCN(c2noc3cc(F)c(F)cc23)CC1. The Morgan fingerprint density at radius 2 is 1.71 bits per heavy atom. The first-order valence-electron chi connectivity index (χ1n) is 11.5. The lowest BCUT2D eigenvalue weighted by atomic mass is 9.95. The van der Waals surface area contributed by atoms with Gasteiger partial charge in [-0.25, -0.2) is 8.78 Å². The Morgan fingerprint density at radius 3 is 2.29 bits per heavy atom. The van der Waals surface area contributed by atoms with Crippen LogP contribution in [0.4, 0.5) is 14.6 Å². The topological polar surface area (TPSA) is 61.6 Å². The fraction of sp³-hybridized carbons (Fsp3) is 0.652. The van der Waals surface area contributed by atoms with Crippen molar-refractivity contribution in [3.05, 3.63) is 23.8 Å². The van der Waals surface area contributed by atoms with Gasteiger partial charge in [0.15, 0.2) is 23.0 Å². The van der Waals surface area contributed by atoms with Crippen LogP contribution in [-0.4, -0.2) is 54.7 Å². The average molecular weight is 439 g/mol. The summed E-state index contributed by atoms with van der Waals surface area (Å²) in [5.74, 6) is -1.06. The number of piperazine rings is 1. The fourth-order valence-electron chi connectivity index (χ4n) is 3.96. The van der Waals surface area contributed by atoms with Gasteiger partial charge >= 0.3 is 0 Å². The normalized spacial score (nSPS) is 17.4. The average Bonchev–Trinajstić information content (AvgIpc) is 3.19. The second-order valence-corrected chi connectivity index (χ2v) is 7.73. The summed E-state index contributed by atoms with van der Waals surface area (Å²) in [4.78, 5) is 15.0. The summed E-state index contributed by atoms with van der Waals surface area (Å²) in [6.45, 7) is 12.2. The summed E-state index contributed by atoms with van der Waals surface area (Å²) in [5, 5.41) is 7.43. The summed E-state index contributed by atoms with van der Waals surface area (Å²) < 4.78 is 31.5. The molecule has 0 radical (unpaired) electrons. The molecule has 1 aromatic heterocycles. The number of likely N-dealkylation sites (N-methyl/N-ethyl adjacent to an activating group) is 1. The highest BCUT2D eigenvalue weighted by molar-refractivity contribution is 5.88. The van der Waals surface area contributed by atoms with Crippen molar-refractivity contribution in [2.24, 2.45) is 0 Å². The van der Waals surface area contributed by atoms with Crippen molar-refractivity contribution in [2.75, 3.05) is 37.6 Å². The van der Waals surface area contributed by atoms with Crippen LogP contribution in [0.25, 0.3) is 11.0 Å². The third kappa shape index (κ3) is 7.16. The van der Waals surface area contributed by atoms with E-state index in [1.807, 2.05) is 13.8 Å². The smallest absolute Gasteiger partial charge is 0.217 e. The van der Waals surface area contributed by atoms with E-state index in [2.05, 4.69) is 27.2 Å². The van der Waals surface area contributed by atoms with Crippen LogP contribution in [0.2, 0.25) is 0 Å². The van der Waals surface area contributed by atoms with E-state index in [0.717, 1.165) is 44.9 Å². The molecule has 2 heterocycles. The van der Waals surface area contributed by atoms with Crippen LogP contribution >= 0.6 is 0 Å². The van der Waals surface area contributed by atoms with Gasteiger partial charge in [-0.15, -0.1) is 0 Å². The second kappa shape index (κ2) is 12.6. The van der Waals surface area contributed by atoms with Gasteiger partial charge < -0.3 is 19.6 Å². The zero-order valence-corrected chi connectivity index (χ0v) is 19.2. The molecule has 1 saturated carbocycles. The molecule has 4 rings (SSSR count). The third-order valence-corrected chi connectivity index (χ3v) is 5.63. The Morgan fingerprint density at radius 1 is 1.10 bits per heavy atom. The van der Waals surface area contributed by atoms with Gasteiger partial charge in [0.1, 0.15) is 0 Å². The number of hydrogen-bond acceptors (Lipinski definition) is 5. The molecule has 0 unspecified atom stereocenters. The number of amides is 1. The third-order valence-electron chi connectivity index (χ3n) is 5.63. The zero-order valence-electron chi connectivity index (χ0n) is 19.2. The lowest BCUT2D eigenvalue weighted by Gasteiger charge is -2.33. The molecule has 2 fully saturated rings. The van der Waals surface area contributed by atoms with Crippen molar-refractivity contribution in [1.29, 1.82) is 0 Å². The number of carbonyl (C=O) groups excluding carboxylic acids is 1. The number of carbonyl (C=O) groups is 1. The summed E-state index contributed by atoms with van der Waals surface area (Å²) in [6, 6.07) is 2.68. The molecule has 8 heteroatoms. The summed E-state index contributed by atoms with van der Waals surface area (Å²) >= 11 is 0. The molecule has 0 bridgehead atoms. The molecular weight excluding hydrogens is 402 g/mol. The molecular formula is C23H36F2N4O2. The van der Waals surface area contributed by atoms with Gasteiger partial charge in [-0.05, 0) is 25.5 Å². The van der Waals surface area contributed by atoms with Crippen LogP contribution in [0.3, 0.4) is 0 Å². The highest BCUT2D eigenvalue weighted by Crippen LogP contribution is 2.28. The Kier molecular flexibility index (Phi) is 10.2. The number of hydrogen-bond donors (Lipinski definition) is 1. The van der Waals surface area contributed by atoms with E-state index in [4.69, 9.17) is 4.52 Å². The maximum Gasteiger partial charge on any atom is 0.217 e. The Labute approximate surface area is 183 Å². The summed E-state index contributed by atoms with van der Waals surface area (Å²) in [6.07, 6.45) is 6.27. The van der Waals surface area contributed by atoms with Crippen molar-refractivity contribution in [2.45, 2.75) is 65.8 Å². The molecule has 1 aliphatic carbocycles. The van der Waals surface area contributed by atoms with E-state index in [1.165, 1.54) is 32.1 Å². The van der Waals surface area contributed by atoms with Gasteiger partial charge in [-0.3, -0.25) is 4.79 Å². The summed E-state index contributed by atoms with van der Waals surface area (Å²) in [7, 11) is 0. The number of fused-ring (bicyclic) bond motifs is 1. The standard InChI is InChI=1S/C13H15F2N3O.C8H15NO.C2H6/c1-2-17-3-5-18(6-4-17)13-9-7-10(14)11(15)8-12(9)19-16-13;1-7(10)9-8-5-3-2-4-6-8;1-2/h7-8H,2-6H2,1H3;8H,2-6H2,1H3,(H,9,10);1-2H3. The quantitative estimate of drug-likeness (QED) is 0.751. The van der Waals surface area contributed by atoms with Gasteiger partial charge in [0.25, 0.3) is 0 Å². The monoisotopic (exact) mass is 438 g/mol. The minimum absolute atomic E-state index is 0.118. The second-order valence-electron chi connectivity index (χ2n) is 7.73. The van der Waals surface area contributed by atoms with Crippen molar-refractivity contribution < 1.29 is 18.1 Å². The molecule has 1 N–H and O–H groups in total. The van der Waals surface area contributed by atoms with E-state index < -0.39 is 11.6 Å². The Bertz CT molecular complexity index is 813. The number of halogens is 2. The Hall–Kier alpha value is -2.22. The first-order chi connectivity index (χ1) is 15.0. The largest absolute Gasteiger partial charge is 0.354 e. The highest BCUT2D eigenvalue weighted by atomic mass is 19.2. The first kappa shape index (κ1) is 25.0. The van der Waals surface area contributed by atoms with Crippen LogP contribution < -0.4 is 10.2 Å². The number of nitrogens with one attached hydrogen (secondary N) is 1. The van der Waals surface area contributed by atoms with Crippen LogP contribution in [-0.2, 0) is 4.79 Å². The van der Waals surface area contributed by atoms with Gasteiger partial charge in [-0.2, -0.15) is 0 Å². The van der Waals surface area contributed by atoms with Gasteiger partial charge in [0.2, 0.25) is 5.91 Å². The Balaban J connectivity index is 0.000000241. The van der Waals surface area contributed by atoms with Crippen molar-refractivity contribution in [3.63, 3.8) is 0 Å². The van der Waals surface area contributed by atoms with Gasteiger partial charge in [-0.1, -0.05) is 45.2 Å². The molecule has 1 saturated heterocycles. The minimum Gasteiger partial charge on any atom is -0.354 e. The molecule has 1 aromatic carbocycles. The zero-order chi connectivity index (χ0) is 22.8. The lowest BCUT2D eigenvalue weighted by molar-refractivity contribution is -0.119. The van der Waals surface area contributed by atoms with Crippen LogP contribution in [0, 0.1) is 11.6 Å². The van der Waals surface area contributed by atoms with Gasteiger partial charge in [0.05, 0.1) is 5.39 Å². The lowest BCUT2D eigenvalue weighted by Crippen LogP contribution is -2.46. The number of aromatic nitrogens is 1. The molecule has 174 valence electrons. The minimum atomic E-state index is -0.911. The van der Waals surface area contributed by atoms with E-state index in [1.54, 1.807) is 6.92 Å². The van der Waals surface area contributed by atoms with Crippen molar-refractivity contribution in [3.8, 4) is 0 Å². The molecule has 31 heavy (non-hydrogen) atoms. The van der Waals surface area contributed by atoms with Gasteiger partial charge in [0, 0.05) is 45.2 Å². The molecule has 2 aliphatic rings. The van der Waals surface area contributed by atoms with Crippen LogP contribution in [0.1, 0.15) is 59.8 Å². The molecule has 6 nitrogen and oxygen atoms in total. The van der Waals surface area contributed by atoms with E-state index in [9.17, 15) is 13.6 Å². The van der Waals surface area contributed by atoms with Crippen molar-refractivity contribution in [1.82, 2.24) is 15.4 Å². The van der Waals surface area contributed by atoms with Crippen LogP contribution in [0.5, 0.6) is 0 Å². The maximum atomic E-state index is 13.3.